The molecule has 2 aromatic carbocycles. The molecule has 0 unspecified atom stereocenters. The Hall–Kier alpha value is -5.94. The van der Waals surface area contributed by atoms with E-state index in [1.54, 1.807) is 13.8 Å². The predicted octanol–water partition coefficient (Wildman–Crippen LogP) is 6.24. The monoisotopic (exact) mass is 590 g/mol. The third-order valence-corrected chi connectivity index (χ3v) is 6.44. The molecule has 1 spiro atoms. The molecule has 0 saturated heterocycles. The first-order valence-corrected chi connectivity index (χ1v) is 12.9. The van der Waals surface area contributed by atoms with Crippen LogP contribution in [0.3, 0.4) is 0 Å². The Labute approximate surface area is 241 Å². The van der Waals surface area contributed by atoms with Gasteiger partial charge in [-0.05, 0) is 39.8 Å². The van der Waals surface area contributed by atoms with Gasteiger partial charge in [-0.25, -0.2) is 9.36 Å². The number of aryl methyl sites for hydroxylation is 4. The molecule has 0 aliphatic carbocycles. The van der Waals surface area contributed by atoms with Gasteiger partial charge in [0.05, 0.1) is 21.2 Å². The molecule has 6 rings (SSSR count). The smallest absolute Gasteiger partial charge is 0.384 e. The summed E-state index contributed by atoms with van der Waals surface area (Å²) in [5.74, 6) is -0.0665. The Morgan fingerprint density at radius 2 is 1.12 bits per heavy atom. The third kappa shape index (κ3) is 4.73. The van der Waals surface area contributed by atoms with E-state index in [-0.39, 0.29) is 57.4 Å². The van der Waals surface area contributed by atoms with Crippen LogP contribution in [-0.2, 0) is 13.1 Å². The van der Waals surface area contributed by atoms with Crippen LogP contribution in [0.2, 0.25) is 0 Å². The van der Waals surface area contributed by atoms with E-state index < -0.39 is 16.0 Å². The standard InChI is InChI=1S/C25H22N10O8/c1-5-32-23-21(13(3)30-32)28-26-17-11-15(34(36)37)7-9-19(17)40-25(42-23)41-20-10-8-16(35(38)39)12-18(20)27-29-22-14(4)31-33(6-2)24(22)43-25/h7-12H,5-6H2,1-4H3. The van der Waals surface area contributed by atoms with Crippen LogP contribution in [0.5, 0.6) is 23.3 Å². The Kier molecular flexibility index (Phi) is 6.43. The van der Waals surface area contributed by atoms with Crippen LogP contribution < -0.4 is 18.9 Å². The van der Waals surface area contributed by atoms with Crippen molar-refractivity contribution in [3.05, 3.63) is 68.0 Å². The average Bonchev–Trinajstić information content (AvgIpc) is 3.47. The average molecular weight is 591 g/mol. The van der Waals surface area contributed by atoms with Crippen LogP contribution in [0.4, 0.5) is 34.1 Å². The Morgan fingerprint density at radius 1 is 0.698 bits per heavy atom. The van der Waals surface area contributed by atoms with Crippen molar-refractivity contribution >= 4 is 34.1 Å². The third-order valence-electron chi connectivity index (χ3n) is 6.44. The molecule has 220 valence electrons. The zero-order chi connectivity index (χ0) is 30.5. The Balaban J connectivity index is 1.65. The number of nitrogens with zero attached hydrogens (tertiary/aromatic N) is 10. The van der Waals surface area contributed by atoms with E-state index in [1.165, 1.54) is 45.8 Å². The van der Waals surface area contributed by atoms with Crippen LogP contribution in [0.15, 0.2) is 56.9 Å². The molecule has 18 heteroatoms. The molecule has 0 N–H and O–H groups in total. The van der Waals surface area contributed by atoms with Gasteiger partial charge in [-0.15, -0.1) is 20.5 Å². The minimum Gasteiger partial charge on any atom is -0.384 e. The van der Waals surface area contributed by atoms with Crippen LogP contribution in [0.1, 0.15) is 25.2 Å². The first-order chi connectivity index (χ1) is 20.6. The predicted molar refractivity (Wildman–Crippen MR) is 145 cm³/mol. The lowest BCUT2D eigenvalue weighted by molar-refractivity contribution is -0.385. The van der Waals surface area contributed by atoms with E-state index in [0.717, 1.165) is 0 Å². The van der Waals surface area contributed by atoms with Crippen molar-refractivity contribution < 1.29 is 28.8 Å². The molecule has 0 radical (unpaired) electrons. The van der Waals surface area contributed by atoms with Gasteiger partial charge in [0.2, 0.25) is 0 Å². The quantitative estimate of drug-likeness (QED) is 0.193. The first-order valence-electron chi connectivity index (χ1n) is 12.9. The summed E-state index contributed by atoms with van der Waals surface area (Å²) in [6.07, 6.45) is -2.57. The van der Waals surface area contributed by atoms with Gasteiger partial charge in [-0.2, -0.15) is 10.2 Å². The second-order valence-corrected chi connectivity index (χ2v) is 9.24. The zero-order valence-corrected chi connectivity index (χ0v) is 23.1. The van der Waals surface area contributed by atoms with Crippen molar-refractivity contribution in [2.24, 2.45) is 20.5 Å². The number of aromatic nitrogens is 4. The van der Waals surface area contributed by atoms with Crippen molar-refractivity contribution in [1.29, 1.82) is 0 Å². The van der Waals surface area contributed by atoms with Crippen LogP contribution in [0.25, 0.3) is 0 Å². The summed E-state index contributed by atoms with van der Waals surface area (Å²) in [5.41, 5.74) is 0.562. The number of rotatable bonds is 4. The normalized spacial score (nSPS) is 16.7. The fraction of sp³-hybridized carbons (Fsp3) is 0.280. The summed E-state index contributed by atoms with van der Waals surface area (Å²) < 4.78 is 28.3. The molecule has 2 aliphatic heterocycles. The number of non-ortho nitro benzene ring substituents is 2. The second kappa shape index (κ2) is 10.2. The van der Waals surface area contributed by atoms with Gasteiger partial charge in [0.15, 0.2) is 22.9 Å². The zero-order valence-electron chi connectivity index (χ0n) is 23.1. The molecular weight excluding hydrogens is 568 g/mol. The molecule has 2 aromatic heterocycles. The van der Waals surface area contributed by atoms with Crippen molar-refractivity contribution in [3.8, 4) is 23.3 Å². The maximum absolute atomic E-state index is 11.6. The van der Waals surface area contributed by atoms with E-state index >= 15 is 0 Å². The summed E-state index contributed by atoms with van der Waals surface area (Å²) in [5, 5.41) is 49.1. The number of hydrogen-bond donors (Lipinski definition) is 0. The van der Waals surface area contributed by atoms with E-state index in [1.807, 2.05) is 13.8 Å². The van der Waals surface area contributed by atoms with E-state index in [9.17, 15) is 20.2 Å². The molecule has 0 saturated carbocycles. The molecular formula is C25H22N10O8. The lowest BCUT2D eigenvalue weighted by Gasteiger charge is -2.32. The van der Waals surface area contributed by atoms with Crippen LogP contribution in [-0.4, -0.2) is 35.6 Å². The largest absolute Gasteiger partial charge is 0.613 e. The molecule has 0 bridgehead atoms. The molecule has 4 aromatic rings. The van der Waals surface area contributed by atoms with Gasteiger partial charge in [0, 0.05) is 37.4 Å². The molecule has 43 heavy (non-hydrogen) atoms. The summed E-state index contributed by atoms with van der Waals surface area (Å²) >= 11 is 0. The number of hydrogen-bond acceptors (Lipinski definition) is 14. The molecule has 18 nitrogen and oxygen atoms in total. The molecule has 2 aliphatic rings. The maximum Gasteiger partial charge on any atom is 0.613 e. The van der Waals surface area contributed by atoms with Gasteiger partial charge in [0.25, 0.3) is 23.1 Å². The van der Waals surface area contributed by atoms with Gasteiger partial charge in [-0.3, -0.25) is 20.2 Å². The molecule has 4 heterocycles. The summed E-state index contributed by atoms with van der Waals surface area (Å²) in [4.78, 5) is 22.0. The summed E-state index contributed by atoms with van der Waals surface area (Å²) in [6, 6.07) is 7.33. The van der Waals surface area contributed by atoms with E-state index in [4.69, 9.17) is 18.9 Å². The lowest BCUT2D eigenvalue weighted by Crippen LogP contribution is -2.54. The van der Waals surface area contributed by atoms with Gasteiger partial charge < -0.3 is 18.9 Å². The number of nitro groups is 2. The van der Waals surface area contributed by atoms with Crippen LogP contribution >= 0.6 is 0 Å². The second-order valence-electron chi connectivity index (χ2n) is 9.24. The highest BCUT2D eigenvalue weighted by Crippen LogP contribution is 2.46. The number of fused-ring (bicyclic) bond motifs is 4. The molecule has 0 amide bonds. The van der Waals surface area contributed by atoms with E-state index in [0.29, 0.717) is 24.5 Å². The number of benzene rings is 2. The lowest BCUT2D eigenvalue weighted by atomic mass is 10.2. The SMILES string of the molecule is CCn1nc(C)c2c1OC1(Oc3ccc([N+](=O)[O-])cc3N=N2)Oc2ccc([N+](=O)[O-])cc2N=Nc2c(C)nn(CC)c2O1. The minimum absolute atomic E-state index is 0.0310. The van der Waals surface area contributed by atoms with Gasteiger partial charge in [0.1, 0.15) is 11.4 Å². The summed E-state index contributed by atoms with van der Waals surface area (Å²) in [7, 11) is 0. The molecule has 0 fully saturated rings. The highest BCUT2D eigenvalue weighted by molar-refractivity contribution is 5.61. The van der Waals surface area contributed by atoms with E-state index in [2.05, 4.69) is 30.7 Å². The van der Waals surface area contributed by atoms with Crippen LogP contribution in [0, 0.1) is 34.1 Å². The van der Waals surface area contributed by atoms with Crippen molar-refractivity contribution in [2.45, 2.75) is 46.9 Å². The number of azo groups is 2. The van der Waals surface area contributed by atoms with Crippen molar-refractivity contribution in [1.82, 2.24) is 19.6 Å². The fourth-order valence-electron chi connectivity index (χ4n) is 4.37. The Bertz CT molecular complexity index is 1730. The van der Waals surface area contributed by atoms with Gasteiger partial charge >= 0.3 is 6.16 Å². The van der Waals surface area contributed by atoms with Crippen molar-refractivity contribution in [3.63, 3.8) is 0 Å². The highest BCUT2D eigenvalue weighted by Gasteiger charge is 2.49. The summed E-state index contributed by atoms with van der Waals surface area (Å²) in [6.45, 7) is 7.64. The fourth-order valence-corrected chi connectivity index (χ4v) is 4.37. The van der Waals surface area contributed by atoms with Gasteiger partial charge in [-0.1, -0.05) is 0 Å². The topological polar surface area (TPSA) is 208 Å². The molecule has 0 atom stereocenters. The van der Waals surface area contributed by atoms with Crippen molar-refractivity contribution in [2.75, 3.05) is 0 Å². The highest BCUT2D eigenvalue weighted by atomic mass is 17.0. The first kappa shape index (κ1) is 27.2. The maximum atomic E-state index is 11.6. The number of ether oxygens (including phenoxy) is 4. The number of nitro benzene ring substituents is 2. The Morgan fingerprint density at radius 3 is 1.49 bits per heavy atom. The minimum atomic E-state index is -2.57.